The summed E-state index contributed by atoms with van der Waals surface area (Å²) in [6, 6.07) is 44.0. The zero-order valence-electron chi connectivity index (χ0n) is 77.6. The molecule has 22 nitrogen and oxygen atoms in total. The number of para-hydroxylation sites is 4. The summed E-state index contributed by atoms with van der Waals surface area (Å²) in [7, 11) is 4.31. The van der Waals surface area contributed by atoms with E-state index in [-0.39, 0.29) is 65.3 Å². The molecular weight excluding hydrogens is 1460 g/mol. The molecule has 118 heavy (non-hydrogen) atoms. The highest BCUT2D eigenvalue weighted by Crippen LogP contribution is 2.50. The molecule has 0 radical (unpaired) electrons. The fourth-order valence-corrected chi connectivity index (χ4v) is 18.9. The maximum Gasteiger partial charge on any atom is 0.164 e. The molecule has 22 heteroatoms. The molecule has 0 bridgehead atoms. The first-order valence-electron chi connectivity index (χ1n) is 42.7. The maximum absolute atomic E-state index is 5.31. The van der Waals surface area contributed by atoms with Crippen LogP contribution in [-0.4, -0.2) is 162 Å². The molecule has 0 saturated carbocycles. The number of amidine groups is 1. The second-order valence-electron chi connectivity index (χ2n) is 37.8. The highest BCUT2D eigenvalue weighted by molar-refractivity contribution is 5.91. The van der Waals surface area contributed by atoms with Crippen molar-refractivity contribution in [2.45, 2.75) is 305 Å². The highest BCUT2D eigenvalue weighted by atomic mass is 15.7. The lowest BCUT2D eigenvalue weighted by Gasteiger charge is -2.40. The predicted molar refractivity (Wildman–Crippen MR) is 502 cm³/mol. The first-order valence-corrected chi connectivity index (χ1v) is 42.7. The topological polar surface area (TPSA) is 127 Å². The van der Waals surface area contributed by atoms with Crippen LogP contribution in [0.2, 0.25) is 0 Å². The quantitative estimate of drug-likeness (QED) is 0.122. The van der Waals surface area contributed by atoms with E-state index in [9.17, 15) is 0 Å². The largest absolute Gasteiger partial charge is 0.352 e. The van der Waals surface area contributed by atoms with Crippen LogP contribution in [-0.2, 0) is 0 Å². The van der Waals surface area contributed by atoms with Crippen molar-refractivity contribution >= 4 is 93.4 Å². The first-order chi connectivity index (χ1) is 55.3. The SMILES string of the molecule is CC1=CN(c2cccc(N3N=C(C)N(C(C)C)[C@H]3C)c2C)[C@@H](C)N1C(C)C.Cc1c(N2C=CN(C(C)(C)C)[C@@H]2C)cccc1N1N=CN(C(C)(C)C)[C@H]1C.Cc1c(N2C=NN(C(C)(C)C)[C@@H]2C)cccc1N1C=NN(C(C)(C)C)[C@H]1C.Cc1cccc(C)c1-c1nc(N2c3ccccc3N(C)[C@H]2C)c(C)c(N2c3ccccc3N(C)[C@@H]2C)n1. The van der Waals surface area contributed by atoms with E-state index in [4.69, 9.17) is 20.2 Å². The van der Waals surface area contributed by atoms with Crippen LogP contribution < -0.4 is 49.2 Å². The Bertz CT molecular complexity index is 4570. The Balaban J connectivity index is 0.000000146. The van der Waals surface area contributed by atoms with Gasteiger partial charge in [0, 0.05) is 95.4 Å². The van der Waals surface area contributed by atoms with E-state index in [1.807, 2.05) is 19.0 Å². The number of anilines is 12. The van der Waals surface area contributed by atoms with Crippen molar-refractivity contribution in [2.24, 2.45) is 20.4 Å². The second-order valence-corrected chi connectivity index (χ2v) is 37.8. The van der Waals surface area contributed by atoms with Crippen LogP contribution in [0.4, 0.5) is 68.5 Å². The minimum Gasteiger partial charge on any atom is -0.352 e. The van der Waals surface area contributed by atoms with Crippen molar-refractivity contribution in [1.29, 1.82) is 0 Å². The molecule has 7 aromatic rings. The van der Waals surface area contributed by atoms with E-state index in [2.05, 4.69) is 465 Å². The minimum absolute atomic E-state index is 0.0144. The van der Waals surface area contributed by atoms with Crippen molar-refractivity contribution < 1.29 is 0 Å². The van der Waals surface area contributed by atoms with Gasteiger partial charge in [0.05, 0.1) is 45.2 Å². The number of aryl methyl sites for hydroxylation is 2. The number of hydrazone groups is 4. The Morgan fingerprint density at radius 2 is 0.720 bits per heavy atom. The fraction of sp³-hybridized carbons (Fsp3) is 0.500. The van der Waals surface area contributed by atoms with Gasteiger partial charge >= 0.3 is 0 Å². The number of hydrogen-bond donors (Lipinski definition) is 0. The molecule has 8 aliphatic rings. The van der Waals surface area contributed by atoms with Crippen LogP contribution in [0, 0.1) is 41.5 Å². The van der Waals surface area contributed by atoms with Gasteiger partial charge in [-0.25, -0.2) is 20.0 Å². The van der Waals surface area contributed by atoms with Gasteiger partial charge in [-0.05, 0) is 310 Å². The first kappa shape index (κ1) is 86.7. The number of rotatable bonds is 11. The Kier molecular flexibility index (Phi) is 24.2. The molecule has 0 spiro atoms. The summed E-state index contributed by atoms with van der Waals surface area (Å²) in [5, 5.41) is 27.5. The lowest BCUT2D eigenvalue weighted by molar-refractivity contribution is 0.114. The summed E-state index contributed by atoms with van der Waals surface area (Å²) in [4.78, 5) is 38.8. The molecule has 0 unspecified atom stereocenters. The zero-order chi connectivity index (χ0) is 86.3. The van der Waals surface area contributed by atoms with Gasteiger partial charge in [0.2, 0.25) is 0 Å². The number of allylic oxidation sites excluding steroid dienone is 1. The van der Waals surface area contributed by atoms with Crippen LogP contribution in [0.1, 0.15) is 213 Å². The summed E-state index contributed by atoms with van der Waals surface area (Å²) < 4.78 is 0. The van der Waals surface area contributed by atoms with E-state index >= 15 is 0 Å². The van der Waals surface area contributed by atoms with E-state index in [1.54, 1.807) is 0 Å². The zero-order valence-corrected chi connectivity index (χ0v) is 77.6. The molecule has 1 aromatic heterocycles. The fourth-order valence-electron chi connectivity index (χ4n) is 18.9. The molecule has 9 heterocycles. The van der Waals surface area contributed by atoms with Crippen molar-refractivity contribution in [3.63, 3.8) is 0 Å². The molecular formula is C96H138N22. The Morgan fingerprint density at radius 3 is 1.11 bits per heavy atom. The number of benzene rings is 6. The average Bonchev–Trinajstić information content (AvgIpc) is 1.55. The third-order valence-corrected chi connectivity index (χ3v) is 24.9. The van der Waals surface area contributed by atoms with E-state index in [0.717, 1.165) is 40.1 Å². The summed E-state index contributed by atoms with van der Waals surface area (Å²) in [5.74, 6) is 3.75. The molecule has 0 aliphatic carbocycles. The summed E-state index contributed by atoms with van der Waals surface area (Å²) in [6.45, 7) is 70.8. The van der Waals surface area contributed by atoms with Gasteiger partial charge < -0.3 is 58.8 Å². The molecule has 0 N–H and O–H groups in total. The average molecular weight is 1600 g/mol. The number of hydrogen-bond acceptors (Lipinski definition) is 22. The molecule has 632 valence electrons. The molecule has 0 amide bonds. The lowest BCUT2D eigenvalue weighted by Crippen LogP contribution is -2.48. The maximum atomic E-state index is 5.31. The molecule has 8 aliphatic heterocycles. The van der Waals surface area contributed by atoms with Gasteiger partial charge in [0.15, 0.2) is 5.82 Å². The monoisotopic (exact) mass is 1600 g/mol. The smallest absolute Gasteiger partial charge is 0.164 e. The van der Waals surface area contributed by atoms with Gasteiger partial charge in [-0.15, -0.1) is 0 Å². The highest BCUT2D eigenvalue weighted by Gasteiger charge is 2.43. The Morgan fingerprint density at radius 1 is 0.331 bits per heavy atom. The molecule has 0 saturated heterocycles. The van der Waals surface area contributed by atoms with Gasteiger partial charge in [-0.3, -0.25) is 10.0 Å². The third-order valence-electron chi connectivity index (χ3n) is 24.9. The standard InChI is InChI=1S/C31H34N6.2C22H35N5.C21H34N6/c1-19-13-12-14-20(2)28(19)29-32-30(36-22(4)34(6)24-15-8-10-17-26(24)36)21(3)31(33-29)37-23(5)35(7)25-16-9-11-18-27(25)37;1-16-19(24-13-14-25(17(24)2)21(4,5)6)11-10-12-20(16)27-18(3)26(15-23-27)22(7,8)9;1-14(2)25-16(5)13-24(19(25)8)21-11-10-12-22(17(21)6)27-20(9)26(15(3)4)18(7)23-27;1-15-18(24-13-22-26(16(24)2)20(4,5)6)11-10-12-19(15)25-14-23-27(17(25)3)21(7,8)9/h8-18,22-23H,1-7H3;10-15,17-18H,1-9H3;10-15,19-20H,1-9H3;10-14,16-17H,1-9H3/t22-,23+;17-,18-;19-,20-;16-,17+/m.11./s1. The van der Waals surface area contributed by atoms with Gasteiger partial charge in [0.1, 0.15) is 85.8 Å². The predicted octanol–water partition coefficient (Wildman–Crippen LogP) is 21.2. The Hall–Kier alpha value is -10.6. The van der Waals surface area contributed by atoms with Crippen molar-refractivity contribution in [3.05, 3.63) is 179 Å². The molecule has 8 atom stereocenters. The second kappa shape index (κ2) is 32.9. The van der Waals surface area contributed by atoms with Crippen LogP contribution in [0.3, 0.4) is 0 Å². The molecule has 6 aromatic carbocycles. The summed E-state index contributed by atoms with van der Waals surface area (Å²) in [5.41, 5.74) is 21.7. The number of fused-ring (bicyclic) bond motifs is 2. The lowest BCUT2D eigenvalue weighted by atomic mass is 10.0. The van der Waals surface area contributed by atoms with Gasteiger partial charge in [0.25, 0.3) is 0 Å². The van der Waals surface area contributed by atoms with Gasteiger partial charge in [-0.2, -0.15) is 20.4 Å². The number of nitrogens with zero attached hydrogens (tertiary/aromatic N) is 22. The summed E-state index contributed by atoms with van der Waals surface area (Å²) >= 11 is 0. The van der Waals surface area contributed by atoms with Gasteiger partial charge in [-0.1, -0.05) is 60.7 Å². The van der Waals surface area contributed by atoms with Crippen LogP contribution in [0.15, 0.2) is 166 Å². The van der Waals surface area contributed by atoms with Crippen molar-refractivity contribution in [3.8, 4) is 11.4 Å². The van der Waals surface area contributed by atoms with Crippen LogP contribution in [0.25, 0.3) is 11.4 Å². The van der Waals surface area contributed by atoms with Crippen molar-refractivity contribution in [1.82, 2.24) is 39.6 Å². The van der Waals surface area contributed by atoms with Crippen molar-refractivity contribution in [2.75, 3.05) is 63.3 Å². The molecule has 15 rings (SSSR count). The van der Waals surface area contributed by atoms with Crippen LogP contribution in [0.5, 0.6) is 0 Å². The van der Waals surface area contributed by atoms with E-state index < -0.39 is 0 Å². The third kappa shape index (κ3) is 16.1. The minimum atomic E-state index is -0.0144. The number of aromatic nitrogens is 2. The Labute approximate surface area is 708 Å². The molecule has 0 fully saturated rings. The normalized spacial score (nSPS) is 21.7. The van der Waals surface area contributed by atoms with E-state index in [1.165, 1.54) is 84.7 Å². The van der Waals surface area contributed by atoms with Crippen LogP contribution >= 0.6 is 0 Å². The van der Waals surface area contributed by atoms with E-state index in [0.29, 0.717) is 18.2 Å². The summed E-state index contributed by atoms with van der Waals surface area (Å²) in [6.07, 6.45) is 14.1.